The van der Waals surface area contributed by atoms with Crippen LogP contribution in [0.15, 0.2) is 6.07 Å². The van der Waals surface area contributed by atoms with Crippen molar-refractivity contribution in [3.63, 3.8) is 0 Å². The van der Waals surface area contributed by atoms with Gasteiger partial charge in [0.05, 0.1) is 12.1 Å². The number of carbonyl (C=O) groups is 1. The number of aryl methyl sites for hydroxylation is 2. The van der Waals surface area contributed by atoms with Gasteiger partial charge in [-0.2, -0.15) is 5.10 Å². The SMILES string of the molecule is CCCC(OCC)C(=O)Cc1cc(CC)nn1CC. The number of Topliss-reactive ketones (excluding diaryl/α,β-unsaturated/α-hetero) is 1. The molecule has 0 aromatic carbocycles. The van der Waals surface area contributed by atoms with Crippen LogP contribution < -0.4 is 0 Å². The smallest absolute Gasteiger partial charge is 0.167 e. The van der Waals surface area contributed by atoms with E-state index in [2.05, 4.69) is 18.9 Å². The molecule has 0 aliphatic rings. The molecule has 0 saturated heterocycles. The van der Waals surface area contributed by atoms with E-state index in [0.29, 0.717) is 13.0 Å². The van der Waals surface area contributed by atoms with E-state index < -0.39 is 0 Å². The molecule has 0 bridgehead atoms. The molecule has 1 unspecified atom stereocenters. The highest BCUT2D eigenvalue weighted by Gasteiger charge is 2.20. The summed E-state index contributed by atoms with van der Waals surface area (Å²) in [6.07, 6.45) is 2.82. The van der Waals surface area contributed by atoms with Crippen molar-refractivity contribution in [2.75, 3.05) is 6.61 Å². The third-order valence-corrected chi connectivity index (χ3v) is 3.21. The molecule has 0 amide bonds. The lowest BCUT2D eigenvalue weighted by molar-refractivity contribution is -0.130. The van der Waals surface area contributed by atoms with E-state index in [1.165, 1.54) is 0 Å². The van der Waals surface area contributed by atoms with Crippen molar-refractivity contribution in [2.24, 2.45) is 0 Å². The molecular formula is C15H26N2O2. The van der Waals surface area contributed by atoms with Gasteiger partial charge in [-0.15, -0.1) is 0 Å². The molecule has 0 fully saturated rings. The molecule has 0 saturated carbocycles. The van der Waals surface area contributed by atoms with Crippen LogP contribution in [-0.4, -0.2) is 28.3 Å². The van der Waals surface area contributed by atoms with Gasteiger partial charge in [0.25, 0.3) is 0 Å². The standard InChI is InChI=1S/C15H26N2O2/c1-5-9-15(19-8-4)14(18)11-13-10-12(6-2)16-17(13)7-3/h10,15H,5-9,11H2,1-4H3. The van der Waals surface area contributed by atoms with Crippen LogP contribution in [0.5, 0.6) is 0 Å². The quantitative estimate of drug-likeness (QED) is 0.690. The van der Waals surface area contributed by atoms with Gasteiger partial charge in [0.2, 0.25) is 0 Å². The fraction of sp³-hybridized carbons (Fsp3) is 0.733. The number of aromatic nitrogens is 2. The van der Waals surface area contributed by atoms with E-state index in [4.69, 9.17) is 4.74 Å². The summed E-state index contributed by atoms with van der Waals surface area (Å²) in [4.78, 5) is 12.3. The zero-order valence-corrected chi connectivity index (χ0v) is 12.6. The van der Waals surface area contributed by atoms with Crippen molar-refractivity contribution < 1.29 is 9.53 Å². The van der Waals surface area contributed by atoms with Crippen molar-refractivity contribution in [3.8, 4) is 0 Å². The number of hydrogen-bond donors (Lipinski definition) is 0. The van der Waals surface area contributed by atoms with Gasteiger partial charge in [0.15, 0.2) is 5.78 Å². The Morgan fingerprint density at radius 1 is 1.37 bits per heavy atom. The maximum atomic E-state index is 12.3. The lowest BCUT2D eigenvalue weighted by atomic mass is 10.1. The second kappa shape index (κ2) is 8.10. The largest absolute Gasteiger partial charge is 0.371 e. The highest BCUT2D eigenvalue weighted by molar-refractivity contribution is 5.84. The Balaban J connectivity index is 2.76. The van der Waals surface area contributed by atoms with Crippen LogP contribution in [0.3, 0.4) is 0 Å². The predicted octanol–water partition coefficient (Wildman–Crippen LogP) is 2.78. The maximum Gasteiger partial charge on any atom is 0.167 e. The van der Waals surface area contributed by atoms with Crippen LogP contribution in [0.4, 0.5) is 0 Å². The van der Waals surface area contributed by atoms with Crippen LogP contribution in [0.25, 0.3) is 0 Å². The summed E-state index contributed by atoms with van der Waals surface area (Å²) in [6, 6.07) is 2.04. The molecule has 19 heavy (non-hydrogen) atoms. The van der Waals surface area contributed by atoms with Crippen LogP contribution in [0, 0.1) is 0 Å². The van der Waals surface area contributed by atoms with Gasteiger partial charge >= 0.3 is 0 Å². The predicted molar refractivity (Wildman–Crippen MR) is 76.3 cm³/mol. The minimum absolute atomic E-state index is 0.168. The Bertz CT molecular complexity index is 393. The third-order valence-electron chi connectivity index (χ3n) is 3.21. The monoisotopic (exact) mass is 266 g/mol. The van der Waals surface area contributed by atoms with Crippen molar-refractivity contribution in [3.05, 3.63) is 17.5 Å². The summed E-state index contributed by atoms with van der Waals surface area (Å²) in [5, 5.41) is 4.48. The van der Waals surface area contributed by atoms with Gasteiger partial charge in [-0.05, 0) is 32.8 Å². The van der Waals surface area contributed by atoms with Crippen molar-refractivity contribution in [1.29, 1.82) is 0 Å². The van der Waals surface area contributed by atoms with E-state index in [0.717, 1.165) is 37.2 Å². The van der Waals surface area contributed by atoms with E-state index in [-0.39, 0.29) is 11.9 Å². The molecule has 0 aliphatic heterocycles. The van der Waals surface area contributed by atoms with E-state index in [1.807, 2.05) is 24.6 Å². The number of hydrogen-bond acceptors (Lipinski definition) is 3. The Hall–Kier alpha value is -1.16. The van der Waals surface area contributed by atoms with Crippen LogP contribution in [-0.2, 0) is 28.9 Å². The topological polar surface area (TPSA) is 44.1 Å². The van der Waals surface area contributed by atoms with Crippen LogP contribution in [0.1, 0.15) is 51.9 Å². The Morgan fingerprint density at radius 2 is 2.11 bits per heavy atom. The molecule has 1 atom stereocenters. The third kappa shape index (κ3) is 4.46. The van der Waals surface area contributed by atoms with Gasteiger partial charge in [0, 0.05) is 18.8 Å². The van der Waals surface area contributed by atoms with Crippen molar-refractivity contribution in [1.82, 2.24) is 9.78 Å². The lowest BCUT2D eigenvalue weighted by Gasteiger charge is -2.15. The molecular weight excluding hydrogens is 240 g/mol. The zero-order chi connectivity index (χ0) is 14.3. The first-order valence-corrected chi connectivity index (χ1v) is 7.36. The molecule has 0 aliphatic carbocycles. The summed E-state index contributed by atoms with van der Waals surface area (Å²) in [5.74, 6) is 0.168. The van der Waals surface area contributed by atoms with Crippen molar-refractivity contribution >= 4 is 5.78 Å². The van der Waals surface area contributed by atoms with Gasteiger partial charge in [0.1, 0.15) is 6.10 Å². The average molecular weight is 266 g/mol. The average Bonchev–Trinajstić information content (AvgIpc) is 2.80. The minimum Gasteiger partial charge on any atom is -0.371 e. The van der Waals surface area contributed by atoms with E-state index in [1.54, 1.807) is 0 Å². The first-order chi connectivity index (χ1) is 9.15. The molecule has 108 valence electrons. The number of ether oxygens (including phenoxy) is 1. The molecule has 1 rings (SSSR count). The fourth-order valence-corrected chi connectivity index (χ4v) is 2.20. The minimum atomic E-state index is -0.264. The van der Waals surface area contributed by atoms with Gasteiger partial charge in [-0.1, -0.05) is 20.3 Å². The highest BCUT2D eigenvalue weighted by atomic mass is 16.5. The molecule has 1 aromatic rings. The normalized spacial score (nSPS) is 12.6. The number of nitrogens with zero attached hydrogens (tertiary/aromatic N) is 2. The van der Waals surface area contributed by atoms with Crippen LogP contribution in [0.2, 0.25) is 0 Å². The second-order valence-electron chi connectivity index (χ2n) is 4.67. The Morgan fingerprint density at radius 3 is 2.63 bits per heavy atom. The van der Waals surface area contributed by atoms with E-state index in [9.17, 15) is 4.79 Å². The van der Waals surface area contributed by atoms with Gasteiger partial charge < -0.3 is 4.74 Å². The van der Waals surface area contributed by atoms with Gasteiger partial charge in [-0.25, -0.2) is 0 Å². The zero-order valence-electron chi connectivity index (χ0n) is 12.6. The van der Waals surface area contributed by atoms with Gasteiger partial charge in [-0.3, -0.25) is 9.48 Å². The first-order valence-electron chi connectivity index (χ1n) is 7.36. The van der Waals surface area contributed by atoms with Crippen molar-refractivity contribution in [2.45, 2.75) is 66.0 Å². The molecule has 4 nitrogen and oxygen atoms in total. The molecule has 1 aromatic heterocycles. The maximum absolute atomic E-state index is 12.3. The number of ketones is 1. The fourth-order valence-electron chi connectivity index (χ4n) is 2.20. The first kappa shape index (κ1) is 15.9. The lowest BCUT2D eigenvalue weighted by Crippen LogP contribution is -2.26. The van der Waals surface area contributed by atoms with E-state index >= 15 is 0 Å². The summed E-state index contributed by atoms with van der Waals surface area (Å²) < 4.78 is 7.47. The number of rotatable bonds is 9. The van der Waals surface area contributed by atoms with Crippen LogP contribution >= 0.6 is 0 Å². The molecule has 0 spiro atoms. The summed E-state index contributed by atoms with van der Waals surface area (Å²) in [5.41, 5.74) is 2.05. The Labute approximate surface area is 116 Å². The second-order valence-corrected chi connectivity index (χ2v) is 4.67. The molecule has 4 heteroatoms. The summed E-state index contributed by atoms with van der Waals surface area (Å²) in [7, 11) is 0. The molecule has 1 heterocycles. The summed E-state index contributed by atoms with van der Waals surface area (Å²) >= 11 is 0. The highest BCUT2D eigenvalue weighted by Crippen LogP contribution is 2.11. The Kier molecular flexibility index (Phi) is 6.78. The number of carbonyl (C=O) groups excluding carboxylic acids is 1. The molecule has 0 radical (unpaired) electrons. The molecule has 0 N–H and O–H groups in total. The summed E-state index contributed by atoms with van der Waals surface area (Å²) in [6.45, 7) is 9.52.